The number of benzene rings is 1. The first-order valence-electron chi connectivity index (χ1n) is 9.59. The fourth-order valence-electron chi connectivity index (χ4n) is 3.42. The molecular formula is C21H29ClN2O3. The molecule has 1 aliphatic rings. The van der Waals surface area contributed by atoms with Crippen molar-refractivity contribution in [2.75, 3.05) is 13.1 Å². The van der Waals surface area contributed by atoms with Crippen LogP contribution in [0, 0.1) is 5.92 Å². The first-order valence-corrected chi connectivity index (χ1v) is 9.97. The molecule has 1 unspecified atom stereocenters. The van der Waals surface area contributed by atoms with Gasteiger partial charge in [0.1, 0.15) is 0 Å². The van der Waals surface area contributed by atoms with E-state index in [4.69, 9.17) is 17.3 Å². The molecule has 0 saturated heterocycles. The van der Waals surface area contributed by atoms with E-state index in [-0.39, 0.29) is 17.3 Å². The number of unbranched alkanes of at least 4 members (excludes halogenated alkanes) is 3. The Morgan fingerprint density at radius 2 is 1.81 bits per heavy atom. The summed E-state index contributed by atoms with van der Waals surface area (Å²) >= 11 is 5.99. The van der Waals surface area contributed by atoms with Crippen LogP contribution < -0.4 is 5.73 Å². The van der Waals surface area contributed by atoms with E-state index >= 15 is 0 Å². The van der Waals surface area contributed by atoms with Gasteiger partial charge in [0, 0.05) is 18.0 Å². The van der Waals surface area contributed by atoms with E-state index in [2.05, 4.69) is 0 Å². The van der Waals surface area contributed by atoms with E-state index in [1.54, 1.807) is 17.0 Å². The minimum Gasteiger partial charge on any atom is -0.503 e. The summed E-state index contributed by atoms with van der Waals surface area (Å²) in [6.07, 6.45) is 4.00. The first-order chi connectivity index (χ1) is 12.9. The van der Waals surface area contributed by atoms with Gasteiger partial charge in [-0.05, 0) is 43.0 Å². The third kappa shape index (κ3) is 5.33. The fourth-order valence-corrected chi connectivity index (χ4v) is 3.55. The SMILES string of the molecule is CC(C)CC(=O)C1=C(O)C(=O)N(CCCCCCN)C1c1ccc(Cl)cc1. The standard InChI is InChI=1S/C21H29ClN2O3/c1-14(2)13-17(25)18-19(15-7-9-16(22)10-8-15)24(21(27)20(18)26)12-6-4-3-5-11-23/h7-10,14,19,26H,3-6,11-13,23H2,1-2H3. The Bertz CT molecular complexity index is 698. The zero-order valence-electron chi connectivity index (χ0n) is 16.1. The molecule has 1 atom stereocenters. The van der Waals surface area contributed by atoms with Crippen LogP contribution in [0.3, 0.4) is 0 Å². The highest BCUT2D eigenvalue weighted by atomic mass is 35.5. The molecule has 1 amide bonds. The Hall–Kier alpha value is -1.85. The van der Waals surface area contributed by atoms with Crippen molar-refractivity contribution in [1.29, 1.82) is 0 Å². The summed E-state index contributed by atoms with van der Waals surface area (Å²) in [7, 11) is 0. The zero-order chi connectivity index (χ0) is 20.0. The number of amides is 1. The number of ketones is 1. The van der Waals surface area contributed by atoms with Crippen LogP contribution >= 0.6 is 11.6 Å². The quantitative estimate of drug-likeness (QED) is 0.585. The van der Waals surface area contributed by atoms with E-state index in [1.165, 1.54) is 0 Å². The molecule has 0 saturated carbocycles. The summed E-state index contributed by atoms with van der Waals surface area (Å²) in [6.45, 7) is 5.03. The Balaban J connectivity index is 2.28. The van der Waals surface area contributed by atoms with Gasteiger partial charge in [-0.3, -0.25) is 9.59 Å². The molecule has 3 N–H and O–H groups in total. The summed E-state index contributed by atoms with van der Waals surface area (Å²) < 4.78 is 0. The van der Waals surface area contributed by atoms with Crippen molar-refractivity contribution >= 4 is 23.3 Å². The molecule has 0 aromatic heterocycles. The summed E-state index contributed by atoms with van der Waals surface area (Å²) in [5.74, 6) is -0.922. The van der Waals surface area contributed by atoms with E-state index < -0.39 is 17.7 Å². The number of Topliss-reactive ketones (excluding diaryl/α,β-unsaturated/α-hetero) is 1. The number of nitrogens with two attached hydrogens (primary N) is 1. The molecule has 27 heavy (non-hydrogen) atoms. The maximum atomic E-state index is 12.8. The molecule has 0 bridgehead atoms. The predicted octanol–water partition coefficient (Wildman–Crippen LogP) is 4.17. The molecule has 148 valence electrons. The fraction of sp³-hybridized carbons (Fsp3) is 0.524. The Labute approximate surface area is 166 Å². The molecule has 2 rings (SSSR count). The van der Waals surface area contributed by atoms with E-state index in [9.17, 15) is 14.7 Å². The lowest BCUT2D eigenvalue weighted by Crippen LogP contribution is -2.32. The lowest BCUT2D eigenvalue weighted by molar-refractivity contribution is -0.129. The second-order valence-electron chi connectivity index (χ2n) is 7.44. The minimum atomic E-state index is -0.560. The molecule has 1 aromatic carbocycles. The van der Waals surface area contributed by atoms with Crippen molar-refractivity contribution < 1.29 is 14.7 Å². The van der Waals surface area contributed by atoms with Crippen LogP contribution in [-0.4, -0.2) is 34.8 Å². The van der Waals surface area contributed by atoms with Gasteiger partial charge in [0.25, 0.3) is 5.91 Å². The molecule has 1 heterocycles. The van der Waals surface area contributed by atoms with Crippen LogP contribution in [0.1, 0.15) is 57.6 Å². The molecule has 0 radical (unpaired) electrons. The average molecular weight is 393 g/mol. The van der Waals surface area contributed by atoms with Crippen LogP contribution in [-0.2, 0) is 9.59 Å². The van der Waals surface area contributed by atoms with Crippen molar-refractivity contribution in [3.63, 3.8) is 0 Å². The monoisotopic (exact) mass is 392 g/mol. The van der Waals surface area contributed by atoms with Gasteiger partial charge in [0.15, 0.2) is 11.5 Å². The third-order valence-corrected chi connectivity index (χ3v) is 4.99. The number of carbonyl (C=O) groups is 2. The normalized spacial score (nSPS) is 17.3. The maximum Gasteiger partial charge on any atom is 0.290 e. The predicted molar refractivity (Wildman–Crippen MR) is 108 cm³/mol. The number of aliphatic hydroxyl groups is 1. The summed E-state index contributed by atoms with van der Waals surface area (Å²) in [4.78, 5) is 27.1. The van der Waals surface area contributed by atoms with Crippen LogP contribution in [0.2, 0.25) is 5.02 Å². The molecular weight excluding hydrogens is 364 g/mol. The second kappa shape index (κ2) is 9.90. The summed E-state index contributed by atoms with van der Waals surface area (Å²) in [6, 6.07) is 6.53. The highest BCUT2D eigenvalue weighted by Gasteiger charge is 2.42. The Morgan fingerprint density at radius 3 is 2.41 bits per heavy atom. The van der Waals surface area contributed by atoms with Crippen LogP contribution in [0.15, 0.2) is 35.6 Å². The number of hydrogen-bond acceptors (Lipinski definition) is 4. The molecule has 0 spiro atoms. The number of carbonyl (C=O) groups excluding carboxylic acids is 2. The van der Waals surface area contributed by atoms with Gasteiger partial charge >= 0.3 is 0 Å². The minimum absolute atomic E-state index is 0.143. The van der Waals surface area contributed by atoms with Crippen molar-refractivity contribution in [2.24, 2.45) is 11.7 Å². The van der Waals surface area contributed by atoms with Gasteiger partial charge in [-0.25, -0.2) is 0 Å². The van der Waals surface area contributed by atoms with Gasteiger partial charge in [-0.2, -0.15) is 0 Å². The number of rotatable bonds is 10. The van der Waals surface area contributed by atoms with Crippen LogP contribution in [0.5, 0.6) is 0 Å². The Kier molecular flexibility index (Phi) is 7.87. The van der Waals surface area contributed by atoms with Gasteiger partial charge < -0.3 is 15.7 Å². The van der Waals surface area contributed by atoms with E-state index in [1.807, 2.05) is 26.0 Å². The zero-order valence-corrected chi connectivity index (χ0v) is 16.8. The smallest absolute Gasteiger partial charge is 0.290 e. The summed E-state index contributed by atoms with van der Waals surface area (Å²) in [5.41, 5.74) is 6.51. The van der Waals surface area contributed by atoms with E-state index in [0.717, 1.165) is 31.2 Å². The third-order valence-electron chi connectivity index (χ3n) is 4.74. The molecule has 6 heteroatoms. The molecule has 0 fully saturated rings. The number of nitrogens with zero attached hydrogens (tertiary/aromatic N) is 1. The lowest BCUT2D eigenvalue weighted by Gasteiger charge is -2.27. The number of halogens is 1. The number of aliphatic hydroxyl groups excluding tert-OH is 1. The number of hydrogen-bond donors (Lipinski definition) is 2. The molecule has 0 aliphatic carbocycles. The average Bonchev–Trinajstić information content (AvgIpc) is 2.86. The van der Waals surface area contributed by atoms with Gasteiger partial charge in [-0.1, -0.05) is 50.4 Å². The maximum absolute atomic E-state index is 12.8. The first kappa shape index (κ1) is 21.5. The Morgan fingerprint density at radius 1 is 1.19 bits per heavy atom. The topological polar surface area (TPSA) is 83.6 Å². The van der Waals surface area contributed by atoms with Gasteiger partial charge in [0.2, 0.25) is 0 Å². The molecule has 1 aliphatic heterocycles. The lowest BCUT2D eigenvalue weighted by atomic mass is 9.92. The van der Waals surface area contributed by atoms with Crippen LogP contribution in [0.4, 0.5) is 0 Å². The summed E-state index contributed by atoms with van der Waals surface area (Å²) in [5, 5.41) is 11.0. The van der Waals surface area contributed by atoms with Crippen molar-refractivity contribution in [3.05, 3.63) is 46.2 Å². The highest BCUT2D eigenvalue weighted by molar-refractivity contribution is 6.30. The van der Waals surface area contributed by atoms with Crippen LogP contribution in [0.25, 0.3) is 0 Å². The highest BCUT2D eigenvalue weighted by Crippen LogP contribution is 2.39. The van der Waals surface area contributed by atoms with Crippen molar-refractivity contribution in [2.45, 2.75) is 52.0 Å². The molecule has 5 nitrogen and oxygen atoms in total. The van der Waals surface area contributed by atoms with Gasteiger partial charge in [-0.15, -0.1) is 0 Å². The van der Waals surface area contributed by atoms with Crippen molar-refractivity contribution in [3.8, 4) is 0 Å². The van der Waals surface area contributed by atoms with Gasteiger partial charge in [0.05, 0.1) is 11.6 Å². The molecule has 1 aromatic rings. The second-order valence-corrected chi connectivity index (χ2v) is 7.88. The van der Waals surface area contributed by atoms with Crippen molar-refractivity contribution in [1.82, 2.24) is 4.90 Å². The van der Waals surface area contributed by atoms with E-state index in [0.29, 0.717) is 24.5 Å². The largest absolute Gasteiger partial charge is 0.503 e.